The number of methoxy groups -OCH3 is 1. The van der Waals surface area contributed by atoms with Gasteiger partial charge in [0.25, 0.3) is 5.91 Å². The first kappa shape index (κ1) is 23.7. The number of benzene rings is 3. The second-order valence-electron chi connectivity index (χ2n) is 6.86. The van der Waals surface area contributed by atoms with Crippen LogP contribution in [0.5, 0.6) is 5.75 Å². The number of hydrogen-bond acceptors (Lipinski definition) is 6. The van der Waals surface area contributed by atoms with Crippen molar-refractivity contribution < 1.29 is 27.5 Å². The van der Waals surface area contributed by atoms with E-state index in [9.17, 15) is 18.0 Å². The lowest BCUT2D eigenvalue weighted by molar-refractivity contribution is -0.141. The summed E-state index contributed by atoms with van der Waals surface area (Å²) in [7, 11) is -2.30. The fraction of sp³-hybridized carbons (Fsp3) is 0.0833. The van der Waals surface area contributed by atoms with E-state index < -0.39 is 28.5 Å². The minimum absolute atomic E-state index is 0.0825. The summed E-state index contributed by atoms with van der Waals surface area (Å²) in [6.07, 6.45) is 1.64. The fourth-order valence-corrected chi connectivity index (χ4v) is 3.47. The molecule has 33 heavy (non-hydrogen) atoms. The second kappa shape index (κ2) is 10.6. The Bertz CT molecular complexity index is 1270. The van der Waals surface area contributed by atoms with Crippen LogP contribution in [-0.2, 0) is 24.3 Å². The lowest BCUT2D eigenvalue weighted by atomic mass is 10.0. The molecule has 0 aliphatic carbocycles. The molecule has 3 aromatic rings. The molecule has 1 amide bonds. The molecule has 0 heterocycles. The molecule has 0 fully saturated rings. The number of ether oxygens (including phenoxy) is 2. The Morgan fingerprint density at radius 3 is 2.21 bits per heavy atom. The number of anilines is 1. The van der Waals surface area contributed by atoms with Crippen molar-refractivity contribution in [2.45, 2.75) is 4.90 Å². The van der Waals surface area contributed by atoms with Gasteiger partial charge in [0.2, 0.25) is 10.0 Å². The van der Waals surface area contributed by atoms with E-state index in [4.69, 9.17) is 14.6 Å². The number of nitrogens with two attached hydrogens (primary N) is 1. The van der Waals surface area contributed by atoms with E-state index in [2.05, 4.69) is 5.32 Å². The van der Waals surface area contributed by atoms with Crippen molar-refractivity contribution in [3.05, 3.63) is 90.0 Å². The number of amides is 1. The van der Waals surface area contributed by atoms with E-state index in [1.165, 1.54) is 31.4 Å². The van der Waals surface area contributed by atoms with E-state index in [0.717, 1.165) is 0 Å². The van der Waals surface area contributed by atoms with Gasteiger partial charge in [0.15, 0.2) is 6.61 Å². The molecule has 0 saturated heterocycles. The summed E-state index contributed by atoms with van der Waals surface area (Å²) < 4.78 is 33.2. The summed E-state index contributed by atoms with van der Waals surface area (Å²) in [6.45, 7) is -0.536. The molecule has 0 aromatic heterocycles. The van der Waals surface area contributed by atoms with Gasteiger partial charge in [0, 0.05) is 11.3 Å². The average molecular weight is 467 g/mol. The topological polar surface area (TPSA) is 125 Å². The summed E-state index contributed by atoms with van der Waals surface area (Å²) >= 11 is 0. The number of hydrogen-bond donors (Lipinski definition) is 2. The predicted octanol–water partition coefficient (Wildman–Crippen LogP) is 3.07. The van der Waals surface area contributed by atoms with Gasteiger partial charge in [-0.3, -0.25) is 4.79 Å². The quantitative estimate of drug-likeness (QED) is 0.299. The molecule has 3 aromatic carbocycles. The molecule has 0 aliphatic rings. The lowest BCUT2D eigenvalue weighted by Crippen LogP contribution is -2.21. The standard InChI is InChI=1S/C24H22N2O6S/c1-31-22-10-6-5-9-18(22)15-21(17-7-3-2-4-8-17)24(28)32-16-23(27)26-19-11-13-20(14-12-19)33(25,29)30/h2-15H,16H2,1H3,(H,26,27)(H2,25,29,30)/b21-15-. The molecule has 170 valence electrons. The highest BCUT2D eigenvalue weighted by Gasteiger charge is 2.17. The number of sulfonamides is 1. The summed E-state index contributed by atoms with van der Waals surface area (Å²) in [4.78, 5) is 25.0. The Kier molecular flexibility index (Phi) is 7.60. The highest BCUT2D eigenvalue weighted by atomic mass is 32.2. The van der Waals surface area contributed by atoms with E-state index in [-0.39, 0.29) is 10.5 Å². The maximum absolute atomic E-state index is 12.9. The molecular formula is C24H22N2O6S. The van der Waals surface area contributed by atoms with E-state index in [0.29, 0.717) is 22.6 Å². The van der Waals surface area contributed by atoms with Gasteiger partial charge in [-0.25, -0.2) is 18.4 Å². The van der Waals surface area contributed by atoms with Gasteiger partial charge < -0.3 is 14.8 Å². The third-order valence-electron chi connectivity index (χ3n) is 4.54. The third-order valence-corrected chi connectivity index (χ3v) is 5.47. The number of rotatable bonds is 8. The van der Waals surface area contributed by atoms with E-state index in [1.807, 2.05) is 18.2 Å². The van der Waals surface area contributed by atoms with Crippen LogP contribution in [0.1, 0.15) is 11.1 Å². The van der Waals surface area contributed by atoms with Crippen LogP contribution in [-0.4, -0.2) is 34.0 Å². The third kappa shape index (κ3) is 6.52. The van der Waals surface area contributed by atoms with Gasteiger partial charge >= 0.3 is 5.97 Å². The number of para-hydroxylation sites is 1. The zero-order valence-electron chi connectivity index (χ0n) is 17.7. The Balaban J connectivity index is 1.73. The van der Waals surface area contributed by atoms with Crippen molar-refractivity contribution in [1.29, 1.82) is 0 Å². The fourth-order valence-electron chi connectivity index (χ4n) is 2.95. The molecule has 0 spiro atoms. The molecule has 3 N–H and O–H groups in total. The van der Waals surface area contributed by atoms with Crippen LogP contribution in [0.15, 0.2) is 83.8 Å². The number of esters is 1. The number of carbonyl (C=O) groups excluding carboxylic acids is 2. The maximum Gasteiger partial charge on any atom is 0.339 e. The number of primary sulfonamides is 1. The Labute approximate surface area is 191 Å². The van der Waals surface area contributed by atoms with Crippen molar-refractivity contribution in [3.63, 3.8) is 0 Å². The van der Waals surface area contributed by atoms with Crippen molar-refractivity contribution in [2.75, 3.05) is 19.0 Å². The van der Waals surface area contributed by atoms with Crippen molar-refractivity contribution in [2.24, 2.45) is 5.14 Å². The maximum atomic E-state index is 12.9. The average Bonchev–Trinajstić information content (AvgIpc) is 2.81. The first-order valence-corrected chi connectivity index (χ1v) is 11.3. The van der Waals surface area contributed by atoms with Crippen LogP contribution >= 0.6 is 0 Å². The van der Waals surface area contributed by atoms with Crippen LogP contribution in [0.3, 0.4) is 0 Å². The molecule has 0 radical (unpaired) electrons. The first-order chi connectivity index (χ1) is 15.8. The molecule has 0 aliphatic heterocycles. The molecule has 9 heteroatoms. The van der Waals surface area contributed by atoms with E-state index in [1.54, 1.807) is 42.5 Å². The highest BCUT2D eigenvalue weighted by molar-refractivity contribution is 7.89. The molecule has 0 bridgehead atoms. The summed E-state index contributed by atoms with van der Waals surface area (Å²) in [5, 5.41) is 7.58. The first-order valence-electron chi connectivity index (χ1n) is 9.78. The SMILES string of the molecule is COc1ccccc1/C=C(\C(=O)OCC(=O)Nc1ccc(S(N)(=O)=O)cc1)c1ccccc1. The minimum atomic E-state index is -3.83. The Hall–Kier alpha value is -3.95. The van der Waals surface area contributed by atoms with Crippen molar-refractivity contribution in [3.8, 4) is 5.75 Å². The Morgan fingerprint density at radius 2 is 1.58 bits per heavy atom. The van der Waals surface area contributed by atoms with Gasteiger partial charge in [-0.15, -0.1) is 0 Å². The van der Waals surface area contributed by atoms with Crippen LogP contribution in [0, 0.1) is 0 Å². The zero-order valence-corrected chi connectivity index (χ0v) is 18.5. The summed E-state index contributed by atoms with van der Waals surface area (Å²) in [5.41, 5.74) is 1.88. The van der Waals surface area contributed by atoms with Gasteiger partial charge in [0.1, 0.15) is 5.75 Å². The lowest BCUT2D eigenvalue weighted by Gasteiger charge is -2.11. The van der Waals surface area contributed by atoms with Crippen molar-refractivity contribution >= 4 is 39.2 Å². The highest BCUT2D eigenvalue weighted by Crippen LogP contribution is 2.25. The van der Waals surface area contributed by atoms with Gasteiger partial charge in [0.05, 0.1) is 17.6 Å². The second-order valence-corrected chi connectivity index (χ2v) is 8.42. The Morgan fingerprint density at radius 1 is 0.939 bits per heavy atom. The smallest absolute Gasteiger partial charge is 0.339 e. The van der Waals surface area contributed by atoms with Crippen LogP contribution in [0.2, 0.25) is 0 Å². The predicted molar refractivity (Wildman–Crippen MR) is 125 cm³/mol. The summed E-state index contributed by atoms with van der Waals surface area (Å²) in [5.74, 6) is -0.692. The molecule has 0 unspecified atom stereocenters. The van der Waals surface area contributed by atoms with E-state index >= 15 is 0 Å². The molecule has 8 nitrogen and oxygen atoms in total. The largest absolute Gasteiger partial charge is 0.496 e. The van der Waals surface area contributed by atoms with Crippen molar-refractivity contribution in [1.82, 2.24) is 0 Å². The molecular weight excluding hydrogens is 444 g/mol. The van der Waals surface area contributed by atoms with Gasteiger partial charge in [-0.1, -0.05) is 48.5 Å². The monoisotopic (exact) mass is 466 g/mol. The van der Waals surface area contributed by atoms with Gasteiger partial charge in [-0.05, 0) is 42.0 Å². The van der Waals surface area contributed by atoms with Crippen LogP contribution in [0.4, 0.5) is 5.69 Å². The summed E-state index contributed by atoms with van der Waals surface area (Å²) in [6, 6.07) is 21.4. The molecule has 0 saturated carbocycles. The van der Waals surface area contributed by atoms with Crippen LogP contribution in [0.25, 0.3) is 11.6 Å². The normalized spacial score (nSPS) is 11.5. The molecule has 3 rings (SSSR count). The van der Waals surface area contributed by atoms with Gasteiger partial charge in [-0.2, -0.15) is 0 Å². The minimum Gasteiger partial charge on any atom is -0.496 e. The number of nitrogens with one attached hydrogen (secondary N) is 1. The number of carbonyl (C=O) groups is 2. The van der Waals surface area contributed by atoms with Crippen LogP contribution < -0.4 is 15.2 Å². The molecule has 0 atom stereocenters. The zero-order chi connectivity index (χ0) is 23.8.